The Labute approximate surface area is 194 Å². The predicted molar refractivity (Wildman–Crippen MR) is 135 cm³/mol. The summed E-state index contributed by atoms with van der Waals surface area (Å²) in [6, 6.07) is 7.96. The summed E-state index contributed by atoms with van der Waals surface area (Å²) in [5, 5.41) is 21.2. The molecule has 2 N–H and O–H groups in total. The van der Waals surface area contributed by atoms with Crippen LogP contribution in [0.25, 0.3) is 0 Å². The molecule has 0 saturated heterocycles. The second-order valence-electron chi connectivity index (χ2n) is 8.60. The van der Waals surface area contributed by atoms with E-state index < -0.39 is 0 Å². The Balaban J connectivity index is 2.50. The third kappa shape index (κ3) is 7.20. The van der Waals surface area contributed by atoms with Gasteiger partial charge < -0.3 is 10.2 Å². The van der Waals surface area contributed by atoms with Crippen LogP contribution in [0.5, 0.6) is 11.5 Å². The fourth-order valence-corrected chi connectivity index (χ4v) is 5.35. The average Bonchev–Trinajstić information content (AvgIpc) is 2.77. The van der Waals surface area contributed by atoms with Crippen LogP contribution in [0, 0.1) is 0 Å². The lowest BCUT2D eigenvalue weighted by Gasteiger charge is -2.19. The molecule has 0 saturated carbocycles. The number of benzene rings is 2. The van der Waals surface area contributed by atoms with Gasteiger partial charge in [-0.05, 0) is 97.9 Å². The lowest BCUT2D eigenvalue weighted by molar-refractivity contribution is 0.464. The van der Waals surface area contributed by atoms with Crippen molar-refractivity contribution in [3.8, 4) is 11.5 Å². The molecule has 2 rings (SSSR count). The number of hydrogen-bond acceptors (Lipinski definition) is 3. The van der Waals surface area contributed by atoms with E-state index >= 15 is 0 Å². The first-order valence-electron chi connectivity index (χ1n) is 12.4. The molecule has 0 bridgehead atoms. The van der Waals surface area contributed by atoms with Gasteiger partial charge in [0.05, 0.1) is 0 Å². The molecule has 0 aromatic heterocycles. The zero-order valence-electron chi connectivity index (χ0n) is 20.1. The first-order valence-corrected chi connectivity index (χ1v) is 13.2. The fraction of sp³-hybridized carbons (Fsp3) is 0.571. The monoisotopic (exact) mass is 442 g/mol. The Bertz CT molecular complexity index is 746. The number of aromatic hydroxyl groups is 2. The standard InChI is InChI=1S/C28H42O2S/c1-5-9-13-21-23(15-11-7-3)27(19-17-25(21)29)31-28-20-18-26(30)22(14-10-6-2)24(28)16-12-8-4/h17-20,29-30H,5-16H2,1-4H3. The Hall–Kier alpha value is -1.61. The third-order valence-corrected chi connectivity index (χ3v) is 7.27. The zero-order chi connectivity index (χ0) is 22.6. The lowest BCUT2D eigenvalue weighted by atomic mass is 9.96. The fourth-order valence-electron chi connectivity index (χ4n) is 4.15. The van der Waals surface area contributed by atoms with Gasteiger partial charge in [-0.25, -0.2) is 0 Å². The van der Waals surface area contributed by atoms with Crippen molar-refractivity contribution in [1.82, 2.24) is 0 Å². The van der Waals surface area contributed by atoms with E-state index in [4.69, 9.17) is 0 Å². The summed E-state index contributed by atoms with van der Waals surface area (Å²) in [5.41, 5.74) is 4.93. The molecule has 0 amide bonds. The van der Waals surface area contributed by atoms with Crippen molar-refractivity contribution in [1.29, 1.82) is 0 Å². The van der Waals surface area contributed by atoms with Crippen LogP contribution in [-0.4, -0.2) is 10.2 Å². The number of unbranched alkanes of at least 4 members (excludes halogenated alkanes) is 4. The van der Waals surface area contributed by atoms with Crippen molar-refractivity contribution in [3.05, 3.63) is 46.5 Å². The maximum absolute atomic E-state index is 10.6. The van der Waals surface area contributed by atoms with Gasteiger partial charge in [0, 0.05) is 9.79 Å². The summed E-state index contributed by atoms with van der Waals surface area (Å²) >= 11 is 1.83. The van der Waals surface area contributed by atoms with Crippen LogP contribution in [0.2, 0.25) is 0 Å². The van der Waals surface area contributed by atoms with Crippen LogP contribution in [0.1, 0.15) is 101 Å². The highest BCUT2D eigenvalue weighted by Gasteiger charge is 2.18. The van der Waals surface area contributed by atoms with Crippen molar-refractivity contribution in [2.75, 3.05) is 0 Å². The molecule has 2 aromatic carbocycles. The van der Waals surface area contributed by atoms with Gasteiger partial charge >= 0.3 is 0 Å². The summed E-state index contributed by atoms with van der Waals surface area (Å²) in [5.74, 6) is 0.897. The van der Waals surface area contributed by atoms with Crippen LogP contribution in [0.15, 0.2) is 34.1 Å². The molecule has 2 nitrogen and oxygen atoms in total. The second kappa shape index (κ2) is 13.7. The predicted octanol–water partition coefficient (Wildman–Crippen LogP) is 8.62. The van der Waals surface area contributed by atoms with Crippen molar-refractivity contribution in [2.24, 2.45) is 0 Å². The van der Waals surface area contributed by atoms with Gasteiger partial charge in [0.2, 0.25) is 0 Å². The summed E-state index contributed by atoms with van der Waals surface area (Å²) in [4.78, 5) is 2.53. The van der Waals surface area contributed by atoms with Crippen molar-refractivity contribution in [3.63, 3.8) is 0 Å². The third-order valence-electron chi connectivity index (χ3n) is 6.07. The average molecular weight is 443 g/mol. The van der Waals surface area contributed by atoms with Gasteiger partial charge in [-0.15, -0.1) is 0 Å². The largest absolute Gasteiger partial charge is 0.508 e. The van der Waals surface area contributed by atoms with Crippen LogP contribution < -0.4 is 0 Å². The van der Waals surface area contributed by atoms with Gasteiger partial charge in [-0.2, -0.15) is 0 Å². The number of rotatable bonds is 14. The van der Waals surface area contributed by atoms with Crippen molar-refractivity contribution >= 4 is 11.8 Å². The molecule has 0 unspecified atom stereocenters. The van der Waals surface area contributed by atoms with Gasteiger partial charge in [0.25, 0.3) is 0 Å². The molecule has 0 spiro atoms. The summed E-state index contributed by atoms with van der Waals surface area (Å²) in [7, 11) is 0. The number of hydrogen-bond donors (Lipinski definition) is 2. The number of phenolic OH excluding ortho intramolecular Hbond substituents is 2. The Morgan fingerprint density at radius 1 is 0.516 bits per heavy atom. The molecule has 0 fully saturated rings. The quantitative estimate of drug-likeness (QED) is 0.307. The summed E-state index contributed by atoms with van der Waals surface area (Å²) in [6.45, 7) is 8.86. The minimum absolute atomic E-state index is 0.449. The molecule has 31 heavy (non-hydrogen) atoms. The summed E-state index contributed by atoms with van der Waals surface area (Å²) < 4.78 is 0. The molecule has 0 aliphatic carbocycles. The van der Waals surface area contributed by atoms with Gasteiger partial charge in [-0.3, -0.25) is 0 Å². The van der Waals surface area contributed by atoms with Crippen molar-refractivity contribution < 1.29 is 10.2 Å². The molecule has 3 heteroatoms. The maximum Gasteiger partial charge on any atom is 0.119 e. The van der Waals surface area contributed by atoms with E-state index in [2.05, 4.69) is 39.8 Å². The second-order valence-corrected chi connectivity index (χ2v) is 9.68. The molecular formula is C28H42O2S. The van der Waals surface area contributed by atoms with Crippen LogP contribution in [0.4, 0.5) is 0 Å². The Kier molecular flexibility index (Phi) is 11.4. The van der Waals surface area contributed by atoms with Crippen molar-refractivity contribution in [2.45, 2.75) is 115 Å². The molecule has 0 radical (unpaired) electrons. The molecular weight excluding hydrogens is 400 g/mol. The molecule has 0 aliphatic rings. The highest BCUT2D eigenvalue weighted by atomic mass is 32.2. The van der Waals surface area contributed by atoms with Crippen LogP contribution in [0.3, 0.4) is 0 Å². The van der Waals surface area contributed by atoms with Gasteiger partial charge in [0.15, 0.2) is 0 Å². The highest BCUT2D eigenvalue weighted by molar-refractivity contribution is 7.99. The zero-order valence-corrected chi connectivity index (χ0v) is 20.9. The van der Waals surface area contributed by atoms with E-state index in [9.17, 15) is 10.2 Å². The van der Waals surface area contributed by atoms with Crippen LogP contribution in [-0.2, 0) is 25.7 Å². The van der Waals surface area contributed by atoms with Gasteiger partial charge in [0.1, 0.15) is 11.5 Å². The van der Waals surface area contributed by atoms with E-state index in [0.29, 0.717) is 11.5 Å². The maximum atomic E-state index is 10.6. The molecule has 0 heterocycles. The smallest absolute Gasteiger partial charge is 0.119 e. The van der Waals surface area contributed by atoms with E-state index in [0.717, 1.165) is 88.2 Å². The van der Waals surface area contributed by atoms with E-state index in [1.807, 2.05) is 23.9 Å². The highest BCUT2D eigenvalue weighted by Crippen LogP contribution is 2.41. The lowest BCUT2D eigenvalue weighted by Crippen LogP contribution is -2.01. The van der Waals surface area contributed by atoms with E-state index in [-0.39, 0.29) is 0 Å². The minimum atomic E-state index is 0.449. The first kappa shape index (κ1) is 25.6. The molecule has 2 aromatic rings. The van der Waals surface area contributed by atoms with Gasteiger partial charge in [-0.1, -0.05) is 65.1 Å². The summed E-state index contributed by atoms with van der Waals surface area (Å²) in [6.07, 6.45) is 12.9. The Morgan fingerprint density at radius 3 is 1.16 bits per heavy atom. The van der Waals surface area contributed by atoms with E-state index in [1.54, 1.807) is 0 Å². The molecule has 0 aliphatic heterocycles. The molecule has 0 atom stereocenters. The van der Waals surface area contributed by atoms with Crippen LogP contribution >= 0.6 is 11.8 Å². The number of phenols is 2. The SMILES string of the molecule is CCCCc1c(O)ccc(Sc2ccc(O)c(CCCC)c2CCCC)c1CCCC. The minimum Gasteiger partial charge on any atom is -0.508 e. The molecule has 172 valence electrons. The Morgan fingerprint density at radius 2 is 0.839 bits per heavy atom. The normalized spacial score (nSPS) is 11.2. The van der Waals surface area contributed by atoms with E-state index in [1.165, 1.54) is 20.9 Å². The first-order chi connectivity index (χ1) is 15.1. The topological polar surface area (TPSA) is 40.5 Å².